The summed E-state index contributed by atoms with van der Waals surface area (Å²) in [6, 6.07) is 16.0. The van der Waals surface area contributed by atoms with Gasteiger partial charge in [0.2, 0.25) is 5.91 Å². The quantitative estimate of drug-likeness (QED) is 0.576. The van der Waals surface area contributed by atoms with E-state index in [1.165, 1.54) is 11.1 Å². The number of carboxylic acids is 1. The molecule has 2 amide bonds. The van der Waals surface area contributed by atoms with Gasteiger partial charge in [0.25, 0.3) is 0 Å². The van der Waals surface area contributed by atoms with E-state index in [-0.39, 0.29) is 49.2 Å². The summed E-state index contributed by atoms with van der Waals surface area (Å²) in [7, 11) is 0. The number of carbonyl (C=O) groups excluding carboxylic acids is 2. The molecule has 0 aromatic heterocycles. The monoisotopic (exact) mass is 478 g/mol. The lowest BCUT2D eigenvalue weighted by Crippen LogP contribution is -2.45. The molecule has 0 saturated carbocycles. The predicted octanol–water partition coefficient (Wildman–Crippen LogP) is 4.65. The van der Waals surface area contributed by atoms with Crippen molar-refractivity contribution in [2.75, 3.05) is 19.7 Å². The maximum atomic E-state index is 12.8. The molecule has 2 aliphatic rings. The molecule has 1 saturated heterocycles. The molecule has 2 aromatic carbocycles. The van der Waals surface area contributed by atoms with Crippen LogP contribution < -0.4 is 5.32 Å². The van der Waals surface area contributed by atoms with Crippen LogP contribution in [0.4, 0.5) is 4.79 Å². The zero-order valence-corrected chi connectivity index (χ0v) is 20.4. The molecule has 35 heavy (non-hydrogen) atoms. The topological polar surface area (TPSA) is 95.9 Å². The third kappa shape index (κ3) is 5.84. The molecule has 7 nitrogen and oxygen atoms in total. The highest BCUT2D eigenvalue weighted by Crippen LogP contribution is 2.44. The van der Waals surface area contributed by atoms with E-state index >= 15 is 0 Å². The lowest BCUT2D eigenvalue weighted by molar-refractivity contribution is -0.138. The number of benzene rings is 2. The van der Waals surface area contributed by atoms with Crippen molar-refractivity contribution in [3.8, 4) is 11.1 Å². The number of carboxylic acid groups (broad SMARTS) is 1. The summed E-state index contributed by atoms with van der Waals surface area (Å²) in [6.07, 6.45) is 1.58. The van der Waals surface area contributed by atoms with Crippen LogP contribution in [0.3, 0.4) is 0 Å². The number of piperidine rings is 1. The van der Waals surface area contributed by atoms with E-state index < -0.39 is 12.1 Å². The molecule has 7 heteroatoms. The predicted molar refractivity (Wildman–Crippen MR) is 133 cm³/mol. The smallest absolute Gasteiger partial charge is 0.407 e. The molecule has 2 aromatic rings. The summed E-state index contributed by atoms with van der Waals surface area (Å²) < 4.78 is 5.59. The Kier molecular flexibility index (Phi) is 7.73. The number of hydrogen-bond acceptors (Lipinski definition) is 4. The van der Waals surface area contributed by atoms with Gasteiger partial charge in [-0.25, -0.2) is 4.79 Å². The summed E-state index contributed by atoms with van der Waals surface area (Å²) >= 11 is 0. The first-order valence-electron chi connectivity index (χ1n) is 12.4. The molecule has 0 spiro atoms. The maximum absolute atomic E-state index is 12.8. The van der Waals surface area contributed by atoms with Crippen LogP contribution in [0.5, 0.6) is 0 Å². The van der Waals surface area contributed by atoms with Crippen molar-refractivity contribution >= 4 is 18.0 Å². The first kappa shape index (κ1) is 24.8. The van der Waals surface area contributed by atoms with Crippen molar-refractivity contribution in [2.45, 2.75) is 51.5 Å². The van der Waals surface area contributed by atoms with Gasteiger partial charge >= 0.3 is 12.1 Å². The number of rotatable bonds is 8. The summed E-state index contributed by atoms with van der Waals surface area (Å²) in [4.78, 5) is 38.2. The number of nitrogens with one attached hydrogen (secondary N) is 1. The number of amides is 2. The lowest BCUT2D eigenvalue weighted by atomic mass is 9.84. The third-order valence-corrected chi connectivity index (χ3v) is 7.30. The Balaban J connectivity index is 1.27. The molecule has 2 N–H and O–H groups in total. The summed E-state index contributed by atoms with van der Waals surface area (Å²) in [5.74, 6) is -0.623. The summed E-state index contributed by atoms with van der Waals surface area (Å²) in [5, 5.41) is 11.9. The van der Waals surface area contributed by atoms with Gasteiger partial charge in [0.15, 0.2) is 0 Å². The van der Waals surface area contributed by atoms with E-state index in [1.807, 2.05) is 36.1 Å². The minimum absolute atomic E-state index is 0.0110. The lowest BCUT2D eigenvalue weighted by Gasteiger charge is -2.36. The highest BCUT2D eigenvalue weighted by molar-refractivity contribution is 5.79. The largest absolute Gasteiger partial charge is 0.481 e. The van der Waals surface area contributed by atoms with E-state index in [2.05, 4.69) is 29.6 Å². The highest BCUT2D eigenvalue weighted by atomic mass is 16.5. The van der Waals surface area contributed by atoms with Crippen molar-refractivity contribution in [3.63, 3.8) is 0 Å². The molecule has 1 heterocycles. The summed E-state index contributed by atoms with van der Waals surface area (Å²) in [5.41, 5.74) is 4.66. The van der Waals surface area contributed by atoms with Crippen LogP contribution in [0.2, 0.25) is 0 Å². The van der Waals surface area contributed by atoms with Crippen LogP contribution in [0.1, 0.15) is 56.6 Å². The van der Waals surface area contributed by atoms with Gasteiger partial charge in [-0.1, -0.05) is 55.5 Å². The minimum atomic E-state index is -0.804. The number of likely N-dealkylation sites (tertiary alicyclic amines) is 1. The van der Waals surface area contributed by atoms with Gasteiger partial charge in [0.05, 0.1) is 0 Å². The standard InChI is InChI=1S/C28H34N2O5/c1-18(14-27(32)33)20-8-7-13-30(16-20)26(31)15-19(2)29-28(34)35-17-25-23-11-5-3-9-21(23)22-10-4-6-12-24(22)25/h3-6,9-12,18-20,25H,7-8,13-17H2,1-2H3,(H,29,34)(H,32,33)/t18?,19-,20?/m0/s1. The van der Waals surface area contributed by atoms with Gasteiger partial charge in [0, 0.05) is 37.9 Å². The number of fused-ring (bicyclic) bond motifs is 3. The molecule has 2 unspecified atom stereocenters. The van der Waals surface area contributed by atoms with Crippen molar-refractivity contribution in [1.29, 1.82) is 0 Å². The number of aliphatic carboxylic acids is 1. The average Bonchev–Trinajstić information content (AvgIpc) is 3.16. The zero-order valence-electron chi connectivity index (χ0n) is 20.4. The molecule has 1 aliphatic carbocycles. The van der Waals surface area contributed by atoms with Crippen LogP contribution in [0.25, 0.3) is 11.1 Å². The van der Waals surface area contributed by atoms with Crippen molar-refractivity contribution < 1.29 is 24.2 Å². The zero-order chi connectivity index (χ0) is 24.9. The number of hydrogen-bond donors (Lipinski definition) is 2. The van der Waals surface area contributed by atoms with Gasteiger partial charge in [-0.15, -0.1) is 0 Å². The van der Waals surface area contributed by atoms with Gasteiger partial charge in [-0.2, -0.15) is 0 Å². The second-order valence-corrected chi connectivity index (χ2v) is 9.89. The molecule has 186 valence electrons. The van der Waals surface area contributed by atoms with Gasteiger partial charge in [0.1, 0.15) is 6.61 Å². The van der Waals surface area contributed by atoms with Crippen LogP contribution in [-0.4, -0.2) is 53.7 Å². The fourth-order valence-electron chi connectivity index (χ4n) is 5.43. The molecule has 0 radical (unpaired) electrons. The molecule has 4 rings (SSSR count). The minimum Gasteiger partial charge on any atom is -0.481 e. The van der Waals surface area contributed by atoms with E-state index in [4.69, 9.17) is 9.84 Å². The van der Waals surface area contributed by atoms with Gasteiger partial charge in [-0.3, -0.25) is 9.59 Å². The second-order valence-electron chi connectivity index (χ2n) is 9.89. The molecule has 3 atom stereocenters. The van der Waals surface area contributed by atoms with Crippen LogP contribution >= 0.6 is 0 Å². The van der Waals surface area contributed by atoms with E-state index in [9.17, 15) is 14.4 Å². The Bertz CT molecular complexity index is 1040. The SMILES string of the molecule is CC(CC(=O)O)C1CCCN(C(=O)C[C@H](C)NC(=O)OCC2c3ccccc3-c3ccccc32)C1. The maximum Gasteiger partial charge on any atom is 0.407 e. The van der Waals surface area contributed by atoms with E-state index in [0.29, 0.717) is 13.1 Å². The van der Waals surface area contributed by atoms with Crippen LogP contribution in [0.15, 0.2) is 48.5 Å². The summed E-state index contributed by atoms with van der Waals surface area (Å²) in [6.45, 7) is 5.22. The van der Waals surface area contributed by atoms with E-state index in [0.717, 1.165) is 24.0 Å². The number of alkyl carbamates (subject to hydrolysis) is 1. The first-order chi connectivity index (χ1) is 16.8. The van der Waals surface area contributed by atoms with Gasteiger partial charge in [-0.05, 0) is 53.9 Å². The molecule has 0 bridgehead atoms. The van der Waals surface area contributed by atoms with Crippen LogP contribution in [0, 0.1) is 11.8 Å². The molecule has 1 aliphatic heterocycles. The fraction of sp³-hybridized carbons (Fsp3) is 0.464. The normalized spacial score (nSPS) is 18.8. The van der Waals surface area contributed by atoms with Crippen molar-refractivity contribution in [1.82, 2.24) is 10.2 Å². The Morgan fingerprint density at radius 2 is 1.66 bits per heavy atom. The van der Waals surface area contributed by atoms with E-state index in [1.54, 1.807) is 6.92 Å². The van der Waals surface area contributed by atoms with Gasteiger partial charge < -0.3 is 20.1 Å². The Labute approximate surface area is 206 Å². The Hall–Kier alpha value is -3.35. The Morgan fingerprint density at radius 3 is 2.29 bits per heavy atom. The highest BCUT2D eigenvalue weighted by Gasteiger charge is 2.31. The van der Waals surface area contributed by atoms with Crippen molar-refractivity contribution in [3.05, 3.63) is 59.7 Å². The Morgan fingerprint density at radius 1 is 1.03 bits per heavy atom. The molecular weight excluding hydrogens is 444 g/mol. The number of nitrogens with zero attached hydrogens (tertiary/aromatic N) is 1. The second kappa shape index (κ2) is 10.9. The van der Waals surface area contributed by atoms with Crippen LogP contribution in [-0.2, 0) is 14.3 Å². The van der Waals surface area contributed by atoms with Crippen molar-refractivity contribution in [2.24, 2.45) is 11.8 Å². The third-order valence-electron chi connectivity index (χ3n) is 7.30. The molecular formula is C28H34N2O5. The number of carbonyl (C=O) groups is 3. The first-order valence-corrected chi connectivity index (χ1v) is 12.4. The average molecular weight is 479 g/mol. The fourth-order valence-corrected chi connectivity index (χ4v) is 5.43. The number of ether oxygens (including phenoxy) is 1. The molecule has 1 fully saturated rings.